The lowest BCUT2D eigenvalue weighted by Crippen LogP contribution is -2.49. The summed E-state index contributed by atoms with van der Waals surface area (Å²) in [5, 5.41) is 23.0. The summed E-state index contributed by atoms with van der Waals surface area (Å²) in [6.07, 6.45) is 1.04. The Morgan fingerprint density at radius 2 is 2.20 bits per heavy atom. The lowest BCUT2D eigenvalue weighted by Gasteiger charge is -2.34. The molecule has 0 spiro atoms. The van der Waals surface area contributed by atoms with Crippen molar-refractivity contribution in [2.75, 3.05) is 0 Å². The van der Waals surface area contributed by atoms with Gasteiger partial charge in [0.1, 0.15) is 17.7 Å². The fourth-order valence-electron chi connectivity index (χ4n) is 2.94. The van der Waals surface area contributed by atoms with E-state index in [0.29, 0.717) is 24.2 Å². The summed E-state index contributed by atoms with van der Waals surface area (Å²) in [5.41, 5.74) is 0.645. The number of carboxylic acid groups (broad SMARTS) is 1. The minimum atomic E-state index is -0.849. The number of nitrogens with one attached hydrogen (secondary N) is 1. The number of rotatable bonds is 6. The molecule has 0 bridgehead atoms. The van der Waals surface area contributed by atoms with Crippen molar-refractivity contribution >= 4 is 11.9 Å². The third-order valence-electron chi connectivity index (χ3n) is 4.41. The number of carboxylic acids is 1. The van der Waals surface area contributed by atoms with Gasteiger partial charge in [-0.05, 0) is 47.9 Å². The van der Waals surface area contributed by atoms with E-state index >= 15 is 0 Å². The maximum absolute atomic E-state index is 13.4. The third kappa shape index (κ3) is 3.81. The summed E-state index contributed by atoms with van der Waals surface area (Å²) in [6.45, 7) is 1.68. The summed E-state index contributed by atoms with van der Waals surface area (Å²) in [5.74, 6) is -1.49. The van der Waals surface area contributed by atoms with Gasteiger partial charge in [-0.3, -0.25) is 9.59 Å². The zero-order valence-corrected chi connectivity index (χ0v) is 13.6. The average Bonchev–Trinajstić information content (AvgIpc) is 2.93. The first kappa shape index (κ1) is 17.0. The van der Waals surface area contributed by atoms with Crippen LogP contribution in [0.3, 0.4) is 0 Å². The molecule has 25 heavy (non-hydrogen) atoms. The minimum Gasteiger partial charge on any atom is -0.481 e. The quantitative estimate of drug-likeness (QED) is 0.803. The molecule has 9 heteroatoms. The Hall–Kier alpha value is -2.84. The van der Waals surface area contributed by atoms with Gasteiger partial charge < -0.3 is 10.4 Å². The van der Waals surface area contributed by atoms with Crippen molar-refractivity contribution in [2.45, 2.75) is 38.3 Å². The van der Waals surface area contributed by atoms with Crippen LogP contribution in [0.25, 0.3) is 0 Å². The van der Waals surface area contributed by atoms with Crippen molar-refractivity contribution in [3.63, 3.8) is 0 Å². The topological polar surface area (TPSA) is 110 Å². The van der Waals surface area contributed by atoms with E-state index in [9.17, 15) is 14.0 Å². The maximum Gasteiger partial charge on any atom is 0.306 e. The van der Waals surface area contributed by atoms with E-state index in [-0.39, 0.29) is 24.2 Å². The van der Waals surface area contributed by atoms with Gasteiger partial charge in [0.15, 0.2) is 0 Å². The minimum absolute atomic E-state index is 0.180. The smallest absolute Gasteiger partial charge is 0.306 e. The molecule has 1 fully saturated rings. The van der Waals surface area contributed by atoms with Gasteiger partial charge in [0.25, 0.3) is 0 Å². The zero-order chi connectivity index (χ0) is 18.0. The van der Waals surface area contributed by atoms with Gasteiger partial charge in [-0.1, -0.05) is 12.1 Å². The van der Waals surface area contributed by atoms with Gasteiger partial charge in [0.05, 0.1) is 5.92 Å². The number of benzene rings is 1. The molecular formula is C16H18FN5O3. The summed E-state index contributed by atoms with van der Waals surface area (Å²) < 4.78 is 14.8. The lowest BCUT2D eigenvalue weighted by atomic mass is 9.80. The fraction of sp³-hybridized carbons (Fsp3) is 0.438. The number of hydrogen-bond donors (Lipinski definition) is 2. The van der Waals surface area contributed by atoms with Crippen molar-refractivity contribution in [1.29, 1.82) is 0 Å². The van der Waals surface area contributed by atoms with E-state index in [4.69, 9.17) is 5.11 Å². The van der Waals surface area contributed by atoms with Gasteiger partial charge in [0, 0.05) is 12.5 Å². The first-order valence-electron chi connectivity index (χ1n) is 7.96. The molecule has 1 aromatic heterocycles. The van der Waals surface area contributed by atoms with Crippen LogP contribution in [0.5, 0.6) is 0 Å². The average molecular weight is 347 g/mol. The Morgan fingerprint density at radius 1 is 1.44 bits per heavy atom. The molecule has 0 radical (unpaired) electrons. The Balaban J connectivity index is 1.74. The highest BCUT2D eigenvalue weighted by Crippen LogP contribution is 2.28. The zero-order valence-electron chi connectivity index (χ0n) is 13.6. The number of carbonyl (C=O) groups is 2. The van der Waals surface area contributed by atoms with Crippen LogP contribution in [-0.2, 0) is 16.0 Å². The first-order valence-corrected chi connectivity index (χ1v) is 7.96. The molecule has 1 saturated carbocycles. The van der Waals surface area contributed by atoms with E-state index in [1.54, 1.807) is 19.1 Å². The van der Waals surface area contributed by atoms with Gasteiger partial charge >= 0.3 is 5.97 Å². The van der Waals surface area contributed by atoms with Crippen LogP contribution >= 0.6 is 0 Å². The second-order valence-electron chi connectivity index (χ2n) is 6.23. The van der Waals surface area contributed by atoms with Gasteiger partial charge in [-0.15, -0.1) is 5.10 Å². The number of aliphatic carboxylic acids is 1. The Labute approximate surface area is 143 Å². The predicted octanol–water partition coefficient (Wildman–Crippen LogP) is 0.884. The molecule has 1 aromatic carbocycles. The van der Waals surface area contributed by atoms with Crippen LogP contribution in [0.4, 0.5) is 4.39 Å². The SMILES string of the molecule is Cc1nnnn1C(Cc1cccc(F)c1)C(=O)NC1CC(C(=O)O)C1. The molecule has 1 amide bonds. The molecule has 0 saturated heterocycles. The van der Waals surface area contributed by atoms with Gasteiger partial charge in [-0.2, -0.15) is 0 Å². The van der Waals surface area contributed by atoms with Crippen LogP contribution in [0.15, 0.2) is 24.3 Å². The van der Waals surface area contributed by atoms with Gasteiger partial charge in [-0.25, -0.2) is 9.07 Å². The number of amides is 1. The molecule has 8 nitrogen and oxygen atoms in total. The van der Waals surface area contributed by atoms with E-state index in [2.05, 4.69) is 20.8 Å². The highest BCUT2D eigenvalue weighted by Gasteiger charge is 2.37. The van der Waals surface area contributed by atoms with E-state index in [1.165, 1.54) is 16.8 Å². The van der Waals surface area contributed by atoms with Crippen molar-refractivity contribution in [3.05, 3.63) is 41.5 Å². The molecule has 1 atom stereocenters. The first-order chi connectivity index (χ1) is 11.9. The molecule has 1 aliphatic carbocycles. The van der Waals surface area contributed by atoms with Gasteiger partial charge in [0.2, 0.25) is 5.91 Å². The normalized spacial score (nSPS) is 20.6. The number of carbonyl (C=O) groups excluding carboxylic acids is 1. The summed E-state index contributed by atoms with van der Waals surface area (Å²) in [6, 6.07) is 5.09. The third-order valence-corrected chi connectivity index (χ3v) is 4.41. The van der Waals surface area contributed by atoms with Crippen molar-refractivity contribution in [1.82, 2.24) is 25.5 Å². The van der Waals surface area contributed by atoms with Crippen LogP contribution in [0.1, 0.15) is 30.3 Å². The van der Waals surface area contributed by atoms with Crippen LogP contribution in [-0.4, -0.2) is 43.2 Å². The van der Waals surface area contributed by atoms with Crippen molar-refractivity contribution < 1.29 is 19.1 Å². The van der Waals surface area contributed by atoms with Crippen molar-refractivity contribution in [2.24, 2.45) is 5.92 Å². The van der Waals surface area contributed by atoms with E-state index < -0.39 is 17.9 Å². The van der Waals surface area contributed by atoms with Crippen LogP contribution < -0.4 is 5.32 Å². The molecular weight excluding hydrogens is 329 g/mol. The molecule has 1 aliphatic rings. The highest BCUT2D eigenvalue weighted by atomic mass is 19.1. The van der Waals surface area contributed by atoms with E-state index in [0.717, 1.165) is 0 Å². The summed E-state index contributed by atoms with van der Waals surface area (Å²) in [4.78, 5) is 23.6. The Kier molecular flexibility index (Phi) is 4.73. The van der Waals surface area contributed by atoms with Crippen LogP contribution in [0.2, 0.25) is 0 Å². The number of nitrogens with zero attached hydrogens (tertiary/aromatic N) is 4. The Bertz CT molecular complexity index is 788. The number of aryl methyl sites for hydroxylation is 1. The highest BCUT2D eigenvalue weighted by molar-refractivity contribution is 5.81. The molecule has 2 N–H and O–H groups in total. The molecule has 2 aromatic rings. The van der Waals surface area contributed by atoms with Crippen LogP contribution in [0, 0.1) is 18.7 Å². The lowest BCUT2D eigenvalue weighted by molar-refractivity contribution is -0.146. The molecule has 1 unspecified atom stereocenters. The standard InChI is InChI=1S/C16H18FN5O3/c1-9-19-20-21-22(9)14(6-10-3-2-4-12(17)5-10)15(23)18-13-7-11(8-13)16(24)25/h2-5,11,13-14H,6-8H2,1H3,(H,18,23)(H,24,25). The molecule has 132 valence electrons. The maximum atomic E-state index is 13.4. The fourth-order valence-corrected chi connectivity index (χ4v) is 2.94. The second kappa shape index (κ2) is 6.96. The monoisotopic (exact) mass is 347 g/mol. The van der Waals surface area contributed by atoms with Crippen molar-refractivity contribution in [3.8, 4) is 0 Å². The molecule has 3 rings (SSSR count). The number of hydrogen-bond acceptors (Lipinski definition) is 5. The summed E-state index contributed by atoms with van der Waals surface area (Å²) in [7, 11) is 0. The number of halogens is 1. The number of tetrazole rings is 1. The second-order valence-corrected chi connectivity index (χ2v) is 6.23. The predicted molar refractivity (Wildman–Crippen MR) is 84.0 cm³/mol. The largest absolute Gasteiger partial charge is 0.481 e. The molecule has 1 heterocycles. The number of aromatic nitrogens is 4. The van der Waals surface area contributed by atoms with E-state index in [1.807, 2.05) is 0 Å². The summed E-state index contributed by atoms with van der Waals surface area (Å²) >= 11 is 0. The Morgan fingerprint density at radius 3 is 2.80 bits per heavy atom. The molecule has 0 aliphatic heterocycles.